The van der Waals surface area contributed by atoms with Crippen molar-refractivity contribution in [3.63, 3.8) is 0 Å². The molecule has 7 heteroatoms. The minimum Gasteiger partial charge on any atom is -0.473 e. The Balaban J connectivity index is 0.000000411. The van der Waals surface area contributed by atoms with Crippen LogP contribution < -0.4 is 5.32 Å². The van der Waals surface area contributed by atoms with E-state index < -0.39 is 17.5 Å². The molecule has 0 saturated carbocycles. The Morgan fingerprint density at radius 3 is 1.94 bits per heavy atom. The summed E-state index contributed by atoms with van der Waals surface area (Å²) >= 11 is 0. The van der Waals surface area contributed by atoms with Gasteiger partial charge in [0.25, 0.3) is 0 Å². The van der Waals surface area contributed by atoms with E-state index in [1.54, 1.807) is 0 Å². The van der Waals surface area contributed by atoms with Crippen molar-refractivity contribution < 1.29 is 24.9 Å². The van der Waals surface area contributed by atoms with Crippen LogP contribution in [0, 0.1) is 0 Å². The highest BCUT2D eigenvalue weighted by molar-refractivity contribution is 6.27. The van der Waals surface area contributed by atoms with E-state index in [2.05, 4.69) is 17.1 Å². The van der Waals surface area contributed by atoms with Crippen molar-refractivity contribution in [3.8, 4) is 0 Å². The predicted octanol–water partition coefficient (Wildman–Crippen LogP) is -0.792. The van der Waals surface area contributed by atoms with Crippen LogP contribution in [0.2, 0.25) is 0 Å². The first-order valence-corrected chi connectivity index (χ1v) is 5.90. The lowest BCUT2D eigenvalue weighted by atomic mass is 9.91. The van der Waals surface area contributed by atoms with Gasteiger partial charge < -0.3 is 25.5 Å². The van der Waals surface area contributed by atoms with Crippen LogP contribution in [0.3, 0.4) is 0 Å². The second-order valence-electron chi connectivity index (χ2n) is 4.30. The summed E-state index contributed by atoms with van der Waals surface area (Å²) in [6.45, 7) is 6.08. The molecule has 1 saturated heterocycles. The molecule has 1 fully saturated rings. The van der Waals surface area contributed by atoms with Gasteiger partial charge in [0.1, 0.15) is 0 Å². The normalized spacial score (nSPS) is 18.6. The van der Waals surface area contributed by atoms with Crippen molar-refractivity contribution in [2.24, 2.45) is 0 Å². The molecule has 0 radical (unpaired) electrons. The van der Waals surface area contributed by atoms with E-state index in [4.69, 9.17) is 19.8 Å². The van der Waals surface area contributed by atoms with Crippen LogP contribution in [-0.4, -0.2) is 71.0 Å². The maximum atomic E-state index is 10.00. The van der Waals surface area contributed by atoms with Crippen LogP contribution in [0.4, 0.5) is 0 Å². The largest absolute Gasteiger partial charge is 0.473 e. The first kappa shape index (κ1) is 16.8. The molecule has 0 aliphatic carbocycles. The lowest BCUT2D eigenvalue weighted by Gasteiger charge is -2.37. The van der Waals surface area contributed by atoms with Gasteiger partial charge in [-0.15, -0.1) is 0 Å². The predicted molar refractivity (Wildman–Crippen MR) is 65.5 cm³/mol. The number of nitrogens with zero attached hydrogens (tertiary/aromatic N) is 1. The smallest absolute Gasteiger partial charge is 0.414 e. The van der Waals surface area contributed by atoms with Gasteiger partial charge >= 0.3 is 11.9 Å². The van der Waals surface area contributed by atoms with Gasteiger partial charge in [-0.2, -0.15) is 0 Å². The lowest BCUT2D eigenvalue weighted by molar-refractivity contribution is -0.159. The summed E-state index contributed by atoms with van der Waals surface area (Å²) < 4.78 is 0. The fourth-order valence-corrected chi connectivity index (χ4v) is 1.79. The average molecular weight is 262 g/mol. The van der Waals surface area contributed by atoms with Crippen LogP contribution in [-0.2, 0) is 9.59 Å². The number of likely N-dealkylation sites (tertiary alicyclic amines) is 1. The first-order valence-electron chi connectivity index (χ1n) is 5.90. The Morgan fingerprint density at radius 1 is 1.22 bits per heavy atom. The molecule has 0 aromatic heterocycles. The molecule has 18 heavy (non-hydrogen) atoms. The summed E-state index contributed by atoms with van der Waals surface area (Å²) in [4.78, 5) is 20.6. The van der Waals surface area contributed by atoms with Crippen molar-refractivity contribution >= 4 is 11.9 Å². The standard InChI is InChI=1S/C9H20N2O.C2H2O4/c1-3-11-6-4-9(12,5-7-11)8-10-2;3-1(4)2(5)6/h10,12H,3-8H2,1-2H3;(H,3,4)(H,5,6). The zero-order chi connectivity index (χ0) is 14.2. The topological polar surface area (TPSA) is 110 Å². The maximum Gasteiger partial charge on any atom is 0.414 e. The highest BCUT2D eigenvalue weighted by Gasteiger charge is 2.30. The van der Waals surface area contributed by atoms with Crippen LogP contribution in [0.1, 0.15) is 19.8 Å². The van der Waals surface area contributed by atoms with E-state index in [1.165, 1.54) is 0 Å². The second-order valence-corrected chi connectivity index (χ2v) is 4.30. The molecule has 0 aromatic rings. The molecule has 0 atom stereocenters. The monoisotopic (exact) mass is 262 g/mol. The van der Waals surface area contributed by atoms with E-state index in [0.717, 1.165) is 39.0 Å². The van der Waals surface area contributed by atoms with Gasteiger partial charge in [0.15, 0.2) is 0 Å². The molecule has 7 nitrogen and oxygen atoms in total. The number of carbonyl (C=O) groups is 2. The molecule has 1 heterocycles. The van der Waals surface area contributed by atoms with E-state index in [9.17, 15) is 5.11 Å². The van der Waals surface area contributed by atoms with Crippen molar-refractivity contribution in [2.45, 2.75) is 25.4 Å². The van der Waals surface area contributed by atoms with Crippen molar-refractivity contribution in [3.05, 3.63) is 0 Å². The third-order valence-corrected chi connectivity index (χ3v) is 2.92. The number of hydrogen-bond acceptors (Lipinski definition) is 5. The number of carboxylic acids is 2. The SMILES string of the molecule is CCN1CCC(O)(CNC)CC1.O=C(O)C(=O)O. The molecule has 0 unspecified atom stereocenters. The van der Waals surface area contributed by atoms with Crippen LogP contribution in [0.5, 0.6) is 0 Å². The lowest BCUT2D eigenvalue weighted by Crippen LogP contribution is -2.49. The molecule has 1 aliphatic heterocycles. The third kappa shape index (κ3) is 6.53. The molecule has 1 rings (SSSR count). The third-order valence-electron chi connectivity index (χ3n) is 2.92. The number of piperidine rings is 1. The molecule has 0 bridgehead atoms. The zero-order valence-electron chi connectivity index (χ0n) is 10.8. The van der Waals surface area contributed by atoms with Crippen molar-refractivity contribution in [2.75, 3.05) is 33.2 Å². The van der Waals surface area contributed by atoms with E-state index in [1.807, 2.05) is 7.05 Å². The summed E-state index contributed by atoms with van der Waals surface area (Å²) in [6, 6.07) is 0. The Kier molecular flexibility index (Phi) is 7.49. The second kappa shape index (κ2) is 8.02. The summed E-state index contributed by atoms with van der Waals surface area (Å²) in [6.07, 6.45) is 1.81. The fraction of sp³-hybridized carbons (Fsp3) is 0.818. The Labute approximate surface area is 106 Å². The number of aliphatic hydroxyl groups is 1. The summed E-state index contributed by atoms with van der Waals surface area (Å²) in [5, 5.41) is 27.8. The van der Waals surface area contributed by atoms with Gasteiger partial charge in [-0.05, 0) is 26.4 Å². The minimum absolute atomic E-state index is 0.444. The molecule has 4 N–H and O–H groups in total. The fourth-order valence-electron chi connectivity index (χ4n) is 1.79. The van der Waals surface area contributed by atoms with Gasteiger partial charge in [-0.1, -0.05) is 6.92 Å². The number of likely N-dealkylation sites (N-methyl/N-ethyl adjacent to an activating group) is 1. The van der Waals surface area contributed by atoms with Gasteiger partial charge in [0, 0.05) is 19.6 Å². The number of rotatable bonds is 3. The van der Waals surface area contributed by atoms with Gasteiger partial charge in [0.05, 0.1) is 5.60 Å². The highest BCUT2D eigenvalue weighted by Crippen LogP contribution is 2.20. The molecule has 0 amide bonds. The molecule has 0 spiro atoms. The number of carboxylic acid groups (broad SMARTS) is 2. The highest BCUT2D eigenvalue weighted by atomic mass is 16.4. The van der Waals surface area contributed by atoms with E-state index in [-0.39, 0.29) is 0 Å². The van der Waals surface area contributed by atoms with E-state index in [0.29, 0.717) is 0 Å². The maximum absolute atomic E-state index is 10.00. The van der Waals surface area contributed by atoms with Crippen LogP contribution in [0.25, 0.3) is 0 Å². The molecule has 106 valence electrons. The molecule has 0 aromatic carbocycles. The molecule has 1 aliphatic rings. The first-order chi connectivity index (χ1) is 8.34. The Hall–Kier alpha value is -1.18. The van der Waals surface area contributed by atoms with Crippen molar-refractivity contribution in [1.29, 1.82) is 0 Å². The Bertz CT molecular complexity index is 263. The van der Waals surface area contributed by atoms with Gasteiger partial charge in [-0.3, -0.25) is 0 Å². The number of aliphatic carboxylic acids is 2. The summed E-state index contributed by atoms with van der Waals surface area (Å²) in [5.41, 5.74) is -0.444. The number of nitrogens with one attached hydrogen (secondary N) is 1. The van der Waals surface area contributed by atoms with E-state index >= 15 is 0 Å². The van der Waals surface area contributed by atoms with Crippen LogP contribution >= 0.6 is 0 Å². The zero-order valence-corrected chi connectivity index (χ0v) is 10.8. The van der Waals surface area contributed by atoms with Gasteiger partial charge in [0.2, 0.25) is 0 Å². The Morgan fingerprint density at radius 2 is 1.67 bits per heavy atom. The molecular formula is C11H22N2O5. The average Bonchev–Trinajstić information content (AvgIpc) is 2.31. The molecular weight excluding hydrogens is 240 g/mol. The van der Waals surface area contributed by atoms with Crippen molar-refractivity contribution in [1.82, 2.24) is 10.2 Å². The minimum atomic E-state index is -1.82. The van der Waals surface area contributed by atoms with Gasteiger partial charge in [-0.25, -0.2) is 9.59 Å². The quantitative estimate of drug-likeness (QED) is 0.493. The summed E-state index contributed by atoms with van der Waals surface area (Å²) in [7, 11) is 1.89. The van der Waals surface area contributed by atoms with Crippen LogP contribution in [0.15, 0.2) is 0 Å². The number of hydrogen-bond donors (Lipinski definition) is 4. The summed E-state index contributed by atoms with van der Waals surface area (Å²) in [5.74, 6) is -3.65.